The van der Waals surface area contributed by atoms with E-state index in [0.29, 0.717) is 29.5 Å². The van der Waals surface area contributed by atoms with Gasteiger partial charge in [0, 0.05) is 24.0 Å². The summed E-state index contributed by atoms with van der Waals surface area (Å²) in [6.45, 7) is 0. The summed E-state index contributed by atoms with van der Waals surface area (Å²) < 4.78 is 5.95. The van der Waals surface area contributed by atoms with Crippen molar-refractivity contribution < 1.29 is 19.1 Å². The molecule has 1 aliphatic carbocycles. The van der Waals surface area contributed by atoms with Crippen molar-refractivity contribution in [2.75, 3.05) is 0 Å². The normalized spacial score (nSPS) is 31.5. The summed E-state index contributed by atoms with van der Waals surface area (Å²) in [7, 11) is 0. The van der Waals surface area contributed by atoms with Gasteiger partial charge in [-0.25, -0.2) is 0 Å². The summed E-state index contributed by atoms with van der Waals surface area (Å²) in [6, 6.07) is 6.74. The first-order valence-electron chi connectivity index (χ1n) is 7.25. The second-order valence-electron chi connectivity index (χ2n) is 5.94. The number of fused-ring (bicyclic) bond motifs is 4. The zero-order chi connectivity index (χ0) is 15.1. The smallest absolute Gasteiger partial charge is 0.229 e. The lowest BCUT2D eigenvalue weighted by atomic mass is 9.84. The van der Waals surface area contributed by atoms with Crippen molar-refractivity contribution in [3.63, 3.8) is 0 Å². The van der Waals surface area contributed by atoms with Crippen LogP contribution in [-0.4, -0.2) is 34.2 Å². The number of nitrogens with zero attached hydrogens (tertiary/aromatic N) is 1. The van der Waals surface area contributed by atoms with E-state index in [2.05, 4.69) is 0 Å². The van der Waals surface area contributed by atoms with Crippen molar-refractivity contribution in [1.29, 1.82) is 0 Å². The van der Waals surface area contributed by atoms with Gasteiger partial charge in [0.15, 0.2) is 11.5 Å². The molecule has 2 bridgehead atoms. The maximum absolute atomic E-state index is 12.9. The van der Waals surface area contributed by atoms with Crippen LogP contribution in [0, 0.1) is 0 Å². The molecule has 0 saturated carbocycles. The van der Waals surface area contributed by atoms with Crippen molar-refractivity contribution in [1.82, 2.24) is 4.90 Å². The number of ketones is 2. The standard InChI is InChI=1S/C17H11NO4/c19-12-6-8-17-7-5-11(22-17)13-14(18(12)17)16(21)10-4-2-1-3-9(10)15(13)20/h1-5,7,11H,6,8H2/t11-,17-/m0/s1. The van der Waals surface area contributed by atoms with Crippen LogP contribution in [0.5, 0.6) is 0 Å². The Balaban J connectivity index is 1.82. The van der Waals surface area contributed by atoms with Crippen LogP contribution in [0.15, 0.2) is 47.7 Å². The largest absolute Gasteiger partial charge is 0.339 e. The third-order valence-corrected chi connectivity index (χ3v) is 4.83. The highest BCUT2D eigenvalue weighted by Crippen LogP contribution is 2.49. The van der Waals surface area contributed by atoms with Gasteiger partial charge in [-0.15, -0.1) is 0 Å². The Bertz CT molecular complexity index is 850. The predicted octanol–water partition coefficient (Wildman–Crippen LogP) is 1.61. The highest BCUT2D eigenvalue weighted by molar-refractivity contribution is 6.28. The minimum atomic E-state index is -0.872. The van der Waals surface area contributed by atoms with Gasteiger partial charge in [-0.05, 0) is 6.08 Å². The molecule has 5 rings (SSSR count). The van der Waals surface area contributed by atoms with Crippen molar-refractivity contribution >= 4 is 17.5 Å². The highest BCUT2D eigenvalue weighted by atomic mass is 16.5. The van der Waals surface area contributed by atoms with E-state index in [9.17, 15) is 14.4 Å². The molecule has 5 nitrogen and oxygen atoms in total. The summed E-state index contributed by atoms with van der Waals surface area (Å²) in [5.74, 6) is -0.657. The molecule has 22 heavy (non-hydrogen) atoms. The lowest BCUT2D eigenvalue weighted by Crippen LogP contribution is -2.53. The van der Waals surface area contributed by atoms with E-state index in [0.717, 1.165) is 0 Å². The van der Waals surface area contributed by atoms with E-state index in [1.165, 1.54) is 4.90 Å². The molecule has 4 aliphatic rings. The maximum Gasteiger partial charge on any atom is 0.229 e. The number of ether oxygens (including phenoxy) is 1. The lowest BCUT2D eigenvalue weighted by Gasteiger charge is -2.42. The molecule has 2 atom stereocenters. The molecule has 5 heteroatoms. The van der Waals surface area contributed by atoms with Crippen LogP contribution in [0.1, 0.15) is 33.6 Å². The van der Waals surface area contributed by atoms with E-state index in [-0.39, 0.29) is 23.2 Å². The topological polar surface area (TPSA) is 63.7 Å². The summed E-state index contributed by atoms with van der Waals surface area (Å²) in [4.78, 5) is 39.5. The molecular weight excluding hydrogens is 282 g/mol. The van der Waals surface area contributed by atoms with Crippen LogP contribution in [0.3, 0.4) is 0 Å². The van der Waals surface area contributed by atoms with Gasteiger partial charge < -0.3 is 4.74 Å². The van der Waals surface area contributed by atoms with Crippen molar-refractivity contribution in [2.24, 2.45) is 0 Å². The molecule has 0 unspecified atom stereocenters. The number of Topliss-reactive ketones (excluding diaryl/α,β-unsaturated/α-hetero) is 2. The van der Waals surface area contributed by atoms with E-state index in [4.69, 9.17) is 4.74 Å². The highest BCUT2D eigenvalue weighted by Gasteiger charge is 2.58. The molecule has 1 aromatic carbocycles. The molecule has 0 radical (unpaired) electrons. The van der Waals surface area contributed by atoms with Crippen LogP contribution >= 0.6 is 0 Å². The number of benzene rings is 1. The van der Waals surface area contributed by atoms with Crippen LogP contribution in [0.25, 0.3) is 0 Å². The van der Waals surface area contributed by atoms with E-state index < -0.39 is 11.8 Å². The fraction of sp³-hybridized carbons (Fsp3) is 0.235. The molecule has 1 aromatic rings. The second-order valence-corrected chi connectivity index (χ2v) is 5.94. The van der Waals surface area contributed by atoms with E-state index >= 15 is 0 Å². The lowest BCUT2D eigenvalue weighted by molar-refractivity contribution is -0.144. The zero-order valence-electron chi connectivity index (χ0n) is 11.5. The first-order chi connectivity index (χ1) is 10.6. The SMILES string of the molecule is O=C1C2=C(C(=O)c3ccccc31)N1C(=O)CC[C@@]13C=C[C@@H]2O3. The Labute approximate surface area is 125 Å². The molecule has 0 aromatic heterocycles. The van der Waals surface area contributed by atoms with E-state index in [1.807, 2.05) is 6.08 Å². The fourth-order valence-corrected chi connectivity index (χ4v) is 3.86. The summed E-state index contributed by atoms with van der Waals surface area (Å²) in [5.41, 5.74) is 0.385. The molecular formula is C17H11NO4. The van der Waals surface area contributed by atoms with Gasteiger partial charge in [0.25, 0.3) is 0 Å². The second kappa shape index (κ2) is 3.62. The van der Waals surface area contributed by atoms with Crippen molar-refractivity contribution in [3.8, 4) is 0 Å². The number of allylic oxidation sites excluding steroid dienone is 1. The number of carbonyl (C=O) groups is 3. The number of rotatable bonds is 0. The molecule has 108 valence electrons. The third-order valence-electron chi connectivity index (χ3n) is 4.83. The van der Waals surface area contributed by atoms with Gasteiger partial charge in [-0.1, -0.05) is 30.3 Å². The average molecular weight is 293 g/mol. The fourth-order valence-electron chi connectivity index (χ4n) is 3.86. The Morgan fingerprint density at radius 1 is 1.09 bits per heavy atom. The first-order valence-corrected chi connectivity index (χ1v) is 7.25. The Morgan fingerprint density at radius 2 is 1.82 bits per heavy atom. The zero-order valence-corrected chi connectivity index (χ0v) is 11.5. The minimum Gasteiger partial charge on any atom is -0.339 e. The van der Waals surface area contributed by atoms with E-state index in [1.54, 1.807) is 30.3 Å². The average Bonchev–Trinajstić information content (AvgIpc) is 3.06. The van der Waals surface area contributed by atoms with Gasteiger partial charge in [-0.2, -0.15) is 0 Å². The Morgan fingerprint density at radius 3 is 2.59 bits per heavy atom. The van der Waals surface area contributed by atoms with Crippen molar-refractivity contribution in [2.45, 2.75) is 24.7 Å². The van der Waals surface area contributed by atoms with Gasteiger partial charge in [-0.3, -0.25) is 19.3 Å². The number of amides is 1. The monoisotopic (exact) mass is 293 g/mol. The number of carbonyl (C=O) groups excluding carboxylic acids is 3. The van der Waals surface area contributed by atoms with Gasteiger partial charge in [0.2, 0.25) is 11.7 Å². The molecule has 1 spiro atoms. The van der Waals surface area contributed by atoms with Crippen molar-refractivity contribution in [3.05, 3.63) is 58.8 Å². The number of hydrogen-bond donors (Lipinski definition) is 0. The van der Waals surface area contributed by atoms with Gasteiger partial charge >= 0.3 is 0 Å². The third kappa shape index (κ3) is 1.18. The predicted molar refractivity (Wildman–Crippen MR) is 75.0 cm³/mol. The molecule has 3 heterocycles. The van der Waals surface area contributed by atoms with Gasteiger partial charge in [0.05, 0.1) is 5.57 Å². The minimum absolute atomic E-state index is 0.168. The maximum atomic E-state index is 12.9. The summed E-state index contributed by atoms with van der Waals surface area (Å²) in [6.07, 6.45) is 3.89. The summed E-state index contributed by atoms with van der Waals surface area (Å²) in [5, 5.41) is 0. The van der Waals surface area contributed by atoms with Gasteiger partial charge in [0.1, 0.15) is 11.8 Å². The van der Waals surface area contributed by atoms with Crippen LogP contribution in [0.2, 0.25) is 0 Å². The van der Waals surface area contributed by atoms with Crippen LogP contribution < -0.4 is 0 Å². The van der Waals surface area contributed by atoms with Crippen LogP contribution in [0.4, 0.5) is 0 Å². The Kier molecular flexibility index (Phi) is 1.98. The quantitative estimate of drug-likeness (QED) is 0.682. The molecule has 1 amide bonds. The van der Waals surface area contributed by atoms with Crippen LogP contribution in [-0.2, 0) is 9.53 Å². The summed E-state index contributed by atoms with van der Waals surface area (Å²) >= 11 is 0. The molecule has 1 fully saturated rings. The number of hydrogen-bond acceptors (Lipinski definition) is 4. The molecule has 0 N–H and O–H groups in total. The Hall–Kier alpha value is -2.53. The molecule has 1 saturated heterocycles. The first kappa shape index (κ1) is 12.1. The molecule has 3 aliphatic heterocycles.